The van der Waals surface area contributed by atoms with Crippen LogP contribution in [0.1, 0.15) is 29.8 Å². The first kappa shape index (κ1) is 14.8. The van der Waals surface area contributed by atoms with E-state index in [1.807, 2.05) is 6.07 Å². The number of rotatable bonds is 4. The van der Waals surface area contributed by atoms with Crippen LogP contribution in [0.3, 0.4) is 0 Å². The Bertz CT molecular complexity index is 711. The molecule has 0 spiro atoms. The Kier molecular flexibility index (Phi) is 4.22. The van der Waals surface area contributed by atoms with Crippen molar-refractivity contribution in [2.75, 3.05) is 18.5 Å². The van der Waals surface area contributed by atoms with Gasteiger partial charge in [-0.05, 0) is 19.4 Å². The van der Waals surface area contributed by atoms with Crippen LogP contribution in [0.2, 0.25) is 5.02 Å². The largest absolute Gasteiger partial charge is 0.368 e. The van der Waals surface area contributed by atoms with Crippen LogP contribution in [0.25, 0.3) is 0 Å². The lowest BCUT2D eigenvalue weighted by molar-refractivity contribution is 0.0650. The number of aryl methyl sites for hydroxylation is 1. The minimum absolute atomic E-state index is 0.188. The molecule has 114 valence electrons. The number of hydrogen-bond donors (Lipinski definition) is 1. The average molecular weight is 320 g/mol. The highest BCUT2D eigenvalue weighted by Gasteiger charge is 2.33. The summed E-state index contributed by atoms with van der Waals surface area (Å²) in [5.41, 5.74) is 0.430. The van der Waals surface area contributed by atoms with Gasteiger partial charge < -0.3 is 14.6 Å². The monoisotopic (exact) mass is 319 g/mol. The molecule has 22 heavy (non-hydrogen) atoms. The van der Waals surface area contributed by atoms with Crippen molar-refractivity contribution < 1.29 is 9.26 Å². The zero-order chi connectivity index (χ0) is 15.5. The van der Waals surface area contributed by atoms with Gasteiger partial charge in [-0.25, -0.2) is 4.98 Å². The molecule has 1 aliphatic rings. The summed E-state index contributed by atoms with van der Waals surface area (Å²) in [7, 11) is 0. The molecule has 0 amide bonds. The van der Waals surface area contributed by atoms with Crippen LogP contribution in [-0.2, 0) is 4.74 Å². The number of pyridine rings is 1. The SMILES string of the molecule is Cc1noc([C@H]2OCC[C@H]2CNc2ncc(C#N)cc2Cl)n1. The standard InChI is InChI=1S/C14H14ClN5O2/c1-8-19-14(22-20-8)12-10(2-3-21-12)7-18-13-11(15)4-9(5-16)6-17-13/h4,6,10,12H,2-3,7H2,1H3,(H,17,18)/t10-,12-/m0/s1. The molecular formula is C14H14ClN5O2. The number of nitrogens with zero attached hydrogens (tertiary/aromatic N) is 4. The maximum atomic E-state index is 8.81. The van der Waals surface area contributed by atoms with E-state index in [-0.39, 0.29) is 12.0 Å². The predicted molar refractivity (Wildman–Crippen MR) is 78.3 cm³/mol. The normalized spacial score (nSPS) is 20.8. The Hall–Kier alpha value is -2.17. The van der Waals surface area contributed by atoms with Crippen LogP contribution >= 0.6 is 11.6 Å². The zero-order valence-corrected chi connectivity index (χ0v) is 12.7. The predicted octanol–water partition coefficient (Wildman–Crippen LogP) is 2.49. The lowest BCUT2D eigenvalue weighted by Gasteiger charge is -2.16. The third-order valence-corrected chi connectivity index (χ3v) is 3.79. The molecule has 1 fully saturated rings. The Balaban J connectivity index is 1.67. The molecule has 0 saturated carbocycles. The highest BCUT2D eigenvalue weighted by atomic mass is 35.5. The van der Waals surface area contributed by atoms with Crippen LogP contribution in [0.15, 0.2) is 16.8 Å². The van der Waals surface area contributed by atoms with Crippen LogP contribution < -0.4 is 5.32 Å². The van der Waals surface area contributed by atoms with E-state index in [9.17, 15) is 0 Å². The van der Waals surface area contributed by atoms with Crippen molar-refractivity contribution in [1.29, 1.82) is 5.26 Å². The molecule has 2 aromatic heterocycles. The van der Waals surface area contributed by atoms with E-state index >= 15 is 0 Å². The highest BCUT2D eigenvalue weighted by molar-refractivity contribution is 6.33. The van der Waals surface area contributed by atoms with Gasteiger partial charge in [0.15, 0.2) is 5.82 Å². The highest BCUT2D eigenvalue weighted by Crippen LogP contribution is 2.34. The topological polar surface area (TPSA) is 96.9 Å². The fourth-order valence-corrected chi connectivity index (χ4v) is 2.63. The first-order valence-corrected chi connectivity index (χ1v) is 7.26. The van der Waals surface area contributed by atoms with Crippen molar-refractivity contribution in [2.45, 2.75) is 19.4 Å². The van der Waals surface area contributed by atoms with E-state index < -0.39 is 0 Å². The van der Waals surface area contributed by atoms with Gasteiger partial charge in [-0.15, -0.1) is 0 Å². The molecule has 3 rings (SSSR count). The summed E-state index contributed by atoms with van der Waals surface area (Å²) in [6, 6.07) is 3.58. The maximum Gasteiger partial charge on any atom is 0.256 e. The summed E-state index contributed by atoms with van der Waals surface area (Å²) in [5, 5.41) is 16.2. The Morgan fingerprint density at radius 3 is 3.09 bits per heavy atom. The second-order valence-corrected chi connectivity index (χ2v) is 5.47. The Labute approximate surface area is 132 Å². The van der Waals surface area contributed by atoms with Gasteiger partial charge in [0.25, 0.3) is 5.89 Å². The van der Waals surface area contributed by atoms with E-state index in [4.69, 9.17) is 26.1 Å². The molecule has 8 heteroatoms. The van der Waals surface area contributed by atoms with E-state index in [1.54, 1.807) is 13.0 Å². The Morgan fingerprint density at radius 1 is 1.55 bits per heavy atom. The fraction of sp³-hybridized carbons (Fsp3) is 0.429. The molecule has 2 aromatic rings. The van der Waals surface area contributed by atoms with Crippen molar-refractivity contribution in [3.05, 3.63) is 34.6 Å². The molecule has 0 bridgehead atoms. The van der Waals surface area contributed by atoms with Gasteiger partial charge in [-0.1, -0.05) is 16.8 Å². The minimum atomic E-state index is -0.217. The van der Waals surface area contributed by atoms with Gasteiger partial charge in [0.2, 0.25) is 0 Å². The van der Waals surface area contributed by atoms with E-state index in [2.05, 4.69) is 20.4 Å². The fourth-order valence-electron chi connectivity index (χ4n) is 2.40. The lowest BCUT2D eigenvalue weighted by atomic mass is 10.0. The molecule has 0 unspecified atom stereocenters. The number of aromatic nitrogens is 3. The van der Waals surface area contributed by atoms with Crippen LogP contribution in [0.4, 0.5) is 5.82 Å². The third-order valence-electron chi connectivity index (χ3n) is 3.50. The first-order chi connectivity index (χ1) is 10.7. The molecule has 0 aliphatic carbocycles. The number of nitriles is 1. The number of hydrogen-bond acceptors (Lipinski definition) is 7. The van der Waals surface area contributed by atoms with E-state index in [0.29, 0.717) is 41.3 Å². The second kappa shape index (κ2) is 6.30. The van der Waals surface area contributed by atoms with E-state index in [1.165, 1.54) is 6.20 Å². The zero-order valence-electron chi connectivity index (χ0n) is 11.9. The van der Waals surface area contributed by atoms with Crippen molar-refractivity contribution in [3.63, 3.8) is 0 Å². The molecule has 1 N–H and O–H groups in total. The maximum absolute atomic E-state index is 8.81. The van der Waals surface area contributed by atoms with E-state index in [0.717, 1.165) is 6.42 Å². The third kappa shape index (κ3) is 3.03. The summed E-state index contributed by atoms with van der Waals surface area (Å²) < 4.78 is 10.9. The average Bonchev–Trinajstić information content (AvgIpc) is 3.14. The van der Waals surface area contributed by atoms with Gasteiger partial charge >= 0.3 is 0 Å². The second-order valence-electron chi connectivity index (χ2n) is 5.07. The van der Waals surface area contributed by atoms with Crippen molar-refractivity contribution in [3.8, 4) is 6.07 Å². The summed E-state index contributed by atoms with van der Waals surface area (Å²) in [6.07, 6.45) is 2.15. The Morgan fingerprint density at radius 2 is 2.41 bits per heavy atom. The van der Waals surface area contributed by atoms with Gasteiger partial charge in [-0.3, -0.25) is 0 Å². The van der Waals surface area contributed by atoms with Crippen LogP contribution in [0, 0.1) is 24.2 Å². The summed E-state index contributed by atoms with van der Waals surface area (Å²) >= 11 is 6.10. The molecule has 0 radical (unpaired) electrons. The summed E-state index contributed by atoms with van der Waals surface area (Å²) in [6.45, 7) is 3.04. The molecule has 7 nitrogen and oxygen atoms in total. The number of nitrogens with one attached hydrogen (secondary N) is 1. The van der Waals surface area contributed by atoms with Crippen molar-refractivity contribution >= 4 is 17.4 Å². The molecule has 2 atom stereocenters. The van der Waals surface area contributed by atoms with Gasteiger partial charge in [-0.2, -0.15) is 10.2 Å². The summed E-state index contributed by atoms with van der Waals surface area (Å²) in [4.78, 5) is 8.38. The molecule has 0 aromatic carbocycles. The minimum Gasteiger partial charge on any atom is -0.368 e. The van der Waals surface area contributed by atoms with Gasteiger partial charge in [0, 0.05) is 25.3 Å². The smallest absolute Gasteiger partial charge is 0.256 e. The molecular weight excluding hydrogens is 306 g/mol. The number of anilines is 1. The van der Waals surface area contributed by atoms with Crippen LogP contribution in [-0.4, -0.2) is 28.3 Å². The lowest BCUT2D eigenvalue weighted by Crippen LogP contribution is -2.19. The van der Waals surface area contributed by atoms with Gasteiger partial charge in [0.05, 0.1) is 10.6 Å². The van der Waals surface area contributed by atoms with Crippen molar-refractivity contribution in [2.24, 2.45) is 5.92 Å². The molecule has 1 saturated heterocycles. The van der Waals surface area contributed by atoms with Gasteiger partial charge in [0.1, 0.15) is 18.0 Å². The molecule has 1 aliphatic heterocycles. The quantitative estimate of drug-likeness (QED) is 0.924. The number of halogens is 1. The molecule has 3 heterocycles. The van der Waals surface area contributed by atoms with Crippen LogP contribution in [0.5, 0.6) is 0 Å². The first-order valence-electron chi connectivity index (χ1n) is 6.88. The number of ether oxygens (including phenoxy) is 1. The summed E-state index contributed by atoms with van der Waals surface area (Å²) in [5.74, 6) is 1.83. The van der Waals surface area contributed by atoms with Crippen molar-refractivity contribution in [1.82, 2.24) is 15.1 Å².